The van der Waals surface area contributed by atoms with Crippen LogP contribution in [0.25, 0.3) is 0 Å². The highest BCUT2D eigenvalue weighted by Gasteiger charge is 2.44. The molecule has 0 saturated carbocycles. The van der Waals surface area contributed by atoms with Crippen LogP contribution in [0.3, 0.4) is 0 Å². The van der Waals surface area contributed by atoms with Crippen molar-refractivity contribution in [3.8, 4) is 0 Å². The van der Waals surface area contributed by atoms with Crippen molar-refractivity contribution in [3.63, 3.8) is 0 Å². The molecule has 4 heterocycles. The van der Waals surface area contributed by atoms with Crippen LogP contribution < -0.4 is 0 Å². The molecule has 2 aromatic rings. The van der Waals surface area contributed by atoms with E-state index in [9.17, 15) is 40.7 Å². The maximum absolute atomic E-state index is 13.8. The molecule has 0 bridgehead atoms. The van der Waals surface area contributed by atoms with E-state index >= 15 is 0 Å². The molecule has 0 aromatic heterocycles. The molecule has 4 aliphatic heterocycles. The van der Waals surface area contributed by atoms with Crippen LogP contribution in [-0.2, 0) is 33.1 Å². The SMILES string of the molecule is CC(C)(C)OC(=O)ON1CCC[C@H]1C(=O)N1CC(N2CCN([C@H]3CCN(C(=O)c4cc(C(F)(F)F)cc(C(F)(F)F)c4)[C@H](Cc4ccccc4)C3)CC2)C1. The number of carbonyl (C=O) groups is 3. The number of hydrogen-bond donors (Lipinski definition) is 0. The first-order valence-electron chi connectivity index (χ1n) is 18.4. The van der Waals surface area contributed by atoms with Gasteiger partial charge in [0.15, 0.2) is 0 Å². The fourth-order valence-corrected chi connectivity index (χ4v) is 7.96. The molecule has 0 radical (unpaired) electrons. The predicted molar refractivity (Wildman–Crippen MR) is 185 cm³/mol. The van der Waals surface area contributed by atoms with E-state index in [2.05, 4.69) is 9.80 Å². The Morgan fingerprint density at radius 1 is 0.759 bits per heavy atom. The van der Waals surface area contributed by atoms with E-state index in [0.29, 0.717) is 57.5 Å². The maximum atomic E-state index is 13.8. The molecule has 54 heavy (non-hydrogen) atoms. The highest BCUT2D eigenvalue weighted by atomic mass is 19.4. The molecule has 2 aromatic carbocycles. The summed E-state index contributed by atoms with van der Waals surface area (Å²) in [6.45, 7) is 10.0. The normalized spacial score (nSPS) is 24.0. The number of hydrogen-bond acceptors (Lipinski definition) is 8. The molecule has 4 fully saturated rings. The molecule has 3 atom stereocenters. The molecule has 10 nitrogen and oxygen atoms in total. The smallest absolute Gasteiger partial charge is 0.427 e. The fraction of sp³-hybridized carbons (Fsp3) is 0.605. The average Bonchev–Trinajstić information content (AvgIpc) is 3.54. The van der Waals surface area contributed by atoms with Gasteiger partial charge < -0.3 is 19.4 Å². The molecule has 0 spiro atoms. The zero-order chi connectivity index (χ0) is 39.0. The zero-order valence-corrected chi connectivity index (χ0v) is 30.7. The van der Waals surface area contributed by atoms with Gasteiger partial charge in [0.2, 0.25) is 5.91 Å². The Balaban J connectivity index is 1.06. The van der Waals surface area contributed by atoms with Crippen LogP contribution in [0.1, 0.15) is 73.5 Å². The van der Waals surface area contributed by atoms with Crippen LogP contribution in [0, 0.1) is 0 Å². The van der Waals surface area contributed by atoms with Gasteiger partial charge in [0.05, 0.1) is 11.1 Å². The lowest BCUT2D eigenvalue weighted by Gasteiger charge is -2.51. The van der Waals surface area contributed by atoms with Gasteiger partial charge >= 0.3 is 18.5 Å². The van der Waals surface area contributed by atoms with E-state index in [1.807, 2.05) is 30.3 Å². The Labute approximate surface area is 310 Å². The third-order valence-corrected chi connectivity index (χ3v) is 10.7. The minimum Gasteiger partial charge on any atom is -0.427 e. The molecule has 296 valence electrons. The van der Waals surface area contributed by atoms with Gasteiger partial charge in [-0.2, -0.15) is 26.3 Å². The summed E-state index contributed by atoms with van der Waals surface area (Å²) in [4.78, 5) is 52.7. The first-order chi connectivity index (χ1) is 25.4. The summed E-state index contributed by atoms with van der Waals surface area (Å²) in [7, 11) is 0. The summed E-state index contributed by atoms with van der Waals surface area (Å²) in [6.07, 6.45) is -8.19. The molecule has 4 saturated heterocycles. The van der Waals surface area contributed by atoms with E-state index in [1.165, 1.54) is 9.96 Å². The number of halogens is 6. The van der Waals surface area contributed by atoms with Crippen molar-refractivity contribution in [1.29, 1.82) is 0 Å². The number of carbonyl (C=O) groups excluding carboxylic acids is 3. The molecule has 16 heteroatoms. The molecule has 0 aliphatic carbocycles. The Morgan fingerprint density at radius 2 is 1.35 bits per heavy atom. The molecule has 4 aliphatic rings. The van der Waals surface area contributed by atoms with Crippen molar-refractivity contribution in [2.45, 2.75) is 95.0 Å². The van der Waals surface area contributed by atoms with Crippen LogP contribution in [0.2, 0.25) is 0 Å². The summed E-state index contributed by atoms with van der Waals surface area (Å²) in [5, 5.41) is 1.42. The van der Waals surface area contributed by atoms with E-state index in [4.69, 9.17) is 9.57 Å². The second-order valence-electron chi connectivity index (χ2n) is 15.6. The highest BCUT2D eigenvalue weighted by molar-refractivity contribution is 5.95. The summed E-state index contributed by atoms with van der Waals surface area (Å²) < 4.78 is 87.1. The molecule has 2 amide bonds. The van der Waals surface area contributed by atoms with Gasteiger partial charge in [0.25, 0.3) is 5.91 Å². The fourth-order valence-electron chi connectivity index (χ4n) is 7.96. The number of rotatable bonds is 7. The number of piperazine rings is 1. The third-order valence-electron chi connectivity index (χ3n) is 10.7. The quantitative estimate of drug-likeness (QED) is 0.247. The lowest BCUT2D eigenvalue weighted by molar-refractivity contribution is -0.173. The number of piperidine rings is 1. The zero-order valence-electron chi connectivity index (χ0n) is 30.7. The van der Waals surface area contributed by atoms with E-state index < -0.39 is 58.8 Å². The highest BCUT2D eigenvalue weighted by Crippen LogP contribution is 2.37. The molecule has 6 rings (SSSR count). The summed E-state index contributed by atoms with van der Waals surface area (Å²) >= 11 is 0. The Bertz CT molecular complexity index is 1620. The average molecular weight is 768 g/mol. The van der Waals surface area contributed by atoms with Gasteiger partial charge in [-0.05, 0) is 76.6 Å². The van der Waals surface area contributed by atoms with Crippen LogP contribution in [0.5, 0.6) is 0 Å². The molecule has 0 unspecified atom stereocenters. The van der Waals surface area contributed by atoms with E-state index in [1.54, 1.807) is 25.7 Å². The summed E-state index contributed by atoms with van der Waals surface area (Å²) in [5.74, 6) is -0.923. The first-order valence-corrected chi connectivity index (χ1v) is 18.4. The number of likely N-dealkylation sites (tertiary alicyclic amines) is 2. The molecular weight excluding hydrogens is 720 g/mol. The van der Waals surface area contributed by atoms with Gasteiger partial charge in [0.1, 0.15) is 11.6 Å². The topological polar surface area (TPSA) is 85.9 Å². The van der Waals surface area contributed by atoms with E-state index in [0.717, 1.165) is 38.2 Å². The number of amides is 2. The van der Waals surface area contributed by atoms with Crippen LogP contribution in [-0.4, -0.2) is 125 Å². The lowest BCUT2D eigenvalue weighted by atomic mass is 9.90. The number of alkyl halides is 6. The summed E-state index contributed by atoms with van der Waals surface area (Å²) in [6, 6.07) is 9.66. The van der Waals surface area contributed by atoms with Gasteiger partial charge in [-0.1, -0.05) is 30.3 Å². The lowest BCUT2D eigenvalue weighted by Crippen LogP contribution is -2.66. The van der Waals surface area contributed by atoms with Gasteiger partial charge in [0, 0.05) is 76.0 Å². The van der Waals surface area contributed by atoms with Crippen molar-refractivity contribution < 1.29 is 50.3 Å². The number of hydroxylamine groups is 2. The second-order valence-corrected chi connectivity index (χ2v) is 15.6. The monoisotopic (exact) mass is 767 g/mol. The van der Waals surface area contributed by atoms with Crippen molar-refractivity contribution in [2.75, 3.05) is 52.4 Å². The van der Waals surface area contributed by atoms with Crippen LogP contribution in [0.4, 0.5) is 31.1 Å². The number of benzene rings is 2. The number of nitrogens with zero attached hydrogens (tertiary/aromatic N) is 5. The van der Waals surface area contributed by atoms with Crippen molar-refractivity contribution >= 4 is 18.0 Å². The van der Waals surface area contributed by atoms with Gasteiger partial charge in [-0.3, -0.25) is 19.4 Å². The van der Waals surface area contributed by atoms with E-state index in [-0.39, 0.29) is 30.6 Å². The largest absolute Gasteiger partial charge is 0.528 e. The Hall–Kier alpha value is -3.89. The minimum absolute atomic E-state index is 0.0379. The van der Waals surface area contributed by atoms with Gasteiger partial charge in [-0.15, -0.1) is 5.06 Å². The summed E-state index contributed by atoms with van der Waals surface area (Å²) in [5.41, 5.74) is -3.47. The van der Waals surface area contributed by atoms with Crippen LogP contribution in [0.15, 0.2) is 48.5 Å². The van der Waals surface area contributed by atoms with Crippen molar-refractivity contribution in [3.05, 3.63) is 70.8 Å². The standard InChI is InChI=1S/C38H47F6N5O5/c1-36(2,3)53-35(52)54-49-12-7-10-32(49)34(51)47-23-31(24-47)46-16-14-45(15-17-46)29-11-13-48(30(22-29)18-25-8-5-4-6-9-25)33(50)26-19-27(37(39,40)41)21-28(20-26)38(42,43)44/h4-6,8-9,19-21,29-32H,7,10-18,22-24H2,1-3H3/t29-,30+,32-/m0/s1. The van der Waals surface area contributed by atoms with Gasteiger partial charge in [-0.25, -0.2) is 4.79 Å². The molecular formula is C38H47F6N5O5. The Morgan fingerprint density at radius 3 is 1.93 bits per heavy atom. The molecule has 0 N–H and O–H groups in total. The number of ether oxygens (including phenoxy) is 1. The Kier molecular flexibility index (Phi) is 11.6. The predicted octanol–water partition coefficient (Wildman–Crippen LogP) is 6.10. The second kappa shape index (κ2) is 15.7. The van der Waals surface area contributed by atoms with Crippen LogP contribution >= 0.6 is 0 Å². The minimum atomic E-state index is -5.06. The third kappa shape index (κ3) is 9.48. The maximum Gasteiger partial charge on any atom is 0.528 e. The first kappa shape index (κ1) is 39.8. The van der Waals surface area contributed by atoms with Crippen molar-refractivity contribution in [2.24, 2.45) is 0 Å². The van der Waals surface area contributed by atoms with Crippen molar-refractivity contribution in [1.82, 2.24) is 24.7 Å².